The number of rotatable bonds is 5. The second-order valence-electron chi connectivity index (χ2n) is 6.05. The summed E-state index contributed by atoms with van der Waals surface area (Å²) in [7, 11) is 4.05. The molecule has 0 radical (unpaired) electrons. The summed E-state index contributed by atoms with van der Waals surface area (Å²) in [5, 5.41) is 0. The van der Waals surface area contributed by atoms with Gasteiger partial charge in [-0.25, -0.2) is 0 Å². The third-order valence-corrected chi connectivity index (χ3v) is 4.61. The SMILES string of the molecule is COC1CCCC(CCOC2CCN(C)CC2)C1. The number of hydrogen-bond donors (Lipinski definition) is 0. The zero-order valence-electron chi connectivity index (χ0n) is 12.1. The monoisotopic (exact) mass is 255 g/mol. The molecule has 1 heterocycles. The first-order chi connectivity index (χ1) is 8.78. The number of hydrogen-bond acceptors (Lipinski definition) is 3. The van der Waals surface area contributed by atoms with Gasteiger partial charge in [0, 0.05) is 26.8 Å². The zero-order valence-corrected chi connectivity index (χ0v) is 12.1. The van der Waals surface area contributed by atoms with Crippen LogP contribution >= 0.6 is 0 Å². The van der Waals surface area contributed by atoms with Crippen LogP contribution in [0.1, 0.15) is 44.9 Å². The van der Waals surface area contributed by atoms with Crippen LogP contribution in [-0.2, 0) is 9.47 Å². The molecule has 2 atom stereocenters. The van der Waals surface area contributed by atoms with Crippen molar-refractivity contribution in [2.45, 2.75) is 57.2 Å². The first kappa shape index (κ1) is 14.3. The molecular formula is C15H29NO2. The van der Waals surface area contributed by atoms with E-state index < -0.39 is 0 Å². The molecule has 18 heavy (non-hydrogen) atoms. The van der Waals surface area contributed by atoms with Gasteiger partial charge in [0.2, 0.25) is 0 Å². The summed E-state index contributed by atoms with van der Waals surface area (Å²) in [4.78, 5) is 2.39. The largest absolute Gasteiger partial charge is 0.381 e. The molecule has 0 N–H and O–H groups in total. The van der Waals surface area contributed by atoms with Crippen molar-refractivity contribution in [3.05, 3.63) is 0 Å². The molecule has 0 aromatic carbocycles. The quantitative estimate of drug-likeness (QED) is 0.754. The molecule has 1 saturated heterocycles. The fourth-order valence-electron chi connectivity index (χ4n) is 3.27. The van der Waals surface area contributed by atoms with Gasteiger partial charge in [-0.2, -0.15) is 0 Å². The Morgan fingerprint density at radius 1 is 1.06 bits per heavy atom. The van der Waals surface area contributed by atoms with Crippen LogP contribution in [0.5, 0.6) is 0 Å². The summed E-state index contributed by atoms with van der Waals surface area (Å²) < 4.78 is 11.5. The topological polar surface area (TPSA) is 21.7 Å². The Kier molecular flexibility index (Phi) is 5.93. The van der Waals surface area contributed by atoms with Crippen LogP contribution < -0.4 is 0 Å². The van der Waals surface area contributed by atoms with Crippen LogP contribution in [0.4, 0.5) is 0 Å². The van der Waals surface area contributed by atoms with Crippen LogP contribution in [-0.4, -0.2) is 51.0 Å². The maximum absolute atomic E-state index is 6.04. The van der Waals surface area contributed by atoms with E-state index >= 15 is 0 Å². The smallest absolute Gasteiger partial charge is 0.0599 e. The van der Waals surface area contributed by atoms with Gasteiger partial charge in [-0.15, -0.1) is 0 Å². The van der Waals surface area contributed by atoms with E-state index in [-0.39, 0.29) is 0 Å². The van der Waals surface area contributed by atoms with Crippen molar-refractivity contribution in [2.24, 2.45) is 5.92 Å². The molecule has 0 aromatic heterocycles. The number of piperidine rings is 1. The molecule has 3 heteroatoms. The molecule has 0 aromatic rings. The summed E-state index contributed by atoms with van der Waals surface area (Å²) in [6.45, 7) is 3.34. The zero-order chi connectivity index (χ0) is 12.8. The molecule has 0 amide bonds. The lowest BCUT2D eigenvalue weighted by atomic mass is 9.85. The number of nitrogens with zero attached hydrogens (tertiary/aromatic N) is 1. The van der Waals surface area contributed by atoms with Crippen LogP contribution in [0.15, 0.2) is 0 Å². The van der Waals surface area contributed by atoms with Crippen molar-refractivity contribution in [3.63, 3.8) is 0 Å². The maximum Gasteiger partial charge on any atom is 0.0599 e. The van der Waals surface area contributed by atoms with E-state index in [9.17, 15) is 0 Å². The summed E-state index contributed by atoms with van der Waals surface area (Å²) in [6.07, 6.45) is 9.87. The van der Waals surface area contributed by atoms with Crippen molar-refractivity contribution in [1.29, 1.82) is 0 Å². The van der Waals surface area contributed by atoms with Crippen LogP contribution in [0.3, 0.4) is 0 Å². The molecule has 3 nitrogen and oxygen atoms in total. The van der Waals surface area contributed by atoms with E-state index in [4.69, 9.17) is 9.47 Å². The summed E-state index contributed by atoms with van der Waals surface area (Å²) >= 11 is 0. The Morgan fingerprint density at radius 2 is 1.83 bits per heavy atom. The first-order valence-electron chi connectivity index (χ1n) is 7.61. The Hall–Kier alpha value is -0.120. The number of likely N-dealkylation sites (tertiary alicyclic amines) is 1. The highest BCUT2D eigenvalue weighted by Crippen LogP contribution is 2.28. The van der Waals surface area contributed by atoms with Crippen molar-refractivity contribution in [2.75, 3.05) is 33.9 Å². The Morgan fingerprint density at radius 3 is 2.56 bits per heavy atom. The van der Waals surface area contributed by atoms with Gasteiger partial charge in [0.05, 0.1) is 12.2 Å². The van der Waals surface area contributed by atoms with Crippen LogP contribution in [0.25, 0.3) is 0 Å². The van der Waals surface area contributed by atoms with Gasteiger partial charge in [-0.3, -0.25) is 0 Å². The molecule has 1 aliphatic carbocycles. The Balaban J connectivity index is 1.57. The predicted molar refractivity (Wildman–Crippen MR) is 73.8 cm³/mol. The lowest BCUT2D eigenvalue weighted by Crippen LogP contribution is -2.34. The van der Waals surface area contributed by atoms with Crippen molar-refractivity contribution >= 4 is 0 Å². The first-order valence-corrected chi connectivity index (χ1v) is 7.61. The molecule has 0 bridgehead atoms. The third-order valence-electron chi connectivity index (χ3n) is 4.61. The van der Waals surface area contributed by atoms with Crippen molar-refractivity contribution < 1.29 is 9.47 Å². The highest BCUT2D eigenvalue weighted by atomic mass is 16.5. The van der Waals surface area contributed by atoms with E-state index in [1.165, 1.54) is 58.0 Å². The minimum absolute atomic E-state index is 0.507. The highest BCUT2D eigenvalue weighted by Gasteiger charge is 2.22. The number of ether oxygens (including phenoxy) is 2. The lowest BCUT2D eigenvalue weighted by molar-refractivity contribution is -0.00389. The fourth-order valence-corrected chi connectivity index (χ4v) is 3.27. The van der Waals surface area contributed by atoms with Gasteiger partial charge >= 0.3 is 0 Å². The average molecular weight is 255 g/mol. The van der Waals surface area contributed by atoms with Gasteiger partial charge in [0.15, 0.2) is 0 Å². The van der Waals surface area contributed by atoms with Crippen LogP contribution in [0.2, 0.25) is 0 Å². The van der Waals surface area contributed by atoms with E-state index in [0.717, 1.165) is 12.5 Å². The normalized spacial score (nSPS) is 31.7. The van der Waals surface area contributed by atoms with Gasteiger partial charge in [0.25, 0.3) is 0 Å². The second kappa shape index (κ2) is 7.46. The molecule has 106 valence electrons. The average Bonchev–Trinajstić information content (AvgIpc) is 2.41. The minimum atomic E-state index is 0.507. The van der Waals surface area contributed by atoms with E-state index in [1.54, 1.807) is 0 Å². The maximum atomic E-state index is 6.04. The summed E-state index contributed by atoms with van der Waals surface area (Å²) in [5.41, 5.74) is 0. The predicted octanol–water partition coefficient (Wildman–Crippen LogP) is 2.69. The van der Waals surface area contributed by atoms with Gasteiger partial charge in [-0.05, 0) is 45.1 Å². The van der Waals surface area contributed by atoms with Crippen molar-refractivity contribution in [1.82, 2.24) is 4.90 Å². The fraction of sp³-hybridized carbons (Fsp3) is 1.00. The lowest BCUT2D eigenvalue weighted by Gasteiger charge is -2.31. The van der Waals surface area contributed by atoms with E-state index in [1.807, 2.05) is 7.11 Å². The summed E-state index contributed by atoms with van der Waals surface area (Å²) in [6, 6.07) is 0. The van der Waals surface area contributed by atoms with Crippen molar-refractivity contribution in [3.8, 4) is 0 Å². The van der Waals surface area contributed by atoms with Gasteiger partial charge in [0.1, 0.15) is 0 Å². The molecule has 2 unspecified atom stereocenters. The van der Waals surface area contributed by atoms with E-state index in [0.29, 0.717) is 12.2 Å². The molecular weight excluding hydrogens is 226 g/mol. The molecule has 1 aliphatic heterocycles. The molecule has 2 fully saturated rings. The third kappa shape index (κ3) is 4.52. The molecule has 0 spiro atoms. The van der Waals surface area contributed by atoms with Gasteiger partial charge in [-0.1, -0.05) is 12.8 Å². The van der Waals surface area contributed by atoms with Gasteiger partial charge < -0.3 is 14.4 Å². The highest BCUT2D eigenvalue weighted by molar-refractivity contribution is 4.74. The molecule has 2 aliphatic rings. The summed E-state index contributed by atoms with van der Waals surface area (Å²) in [5.74, 6) is 0.829. The molecule has 2 rings (SSSR count). The molecule has 1 saturated carbocycles. The Bertz CT molecular complexity index is 227. The second-order valence-corrected chi connectivity index (χ2v) is 6.05. The van der Waals surface area contributed by atoms with E-state index in [2.05, 4.69) is 11.9 Å². The standard InChI is InChI=1S/C15H29NO2/c1-16-9-6-14(7-10-16)18-11-8-13-4-3-5-15(12-13)17-2/h13-15H,3-12H2,1-2H3. The Labute approximate surface area is 112 Å². The number of methoxy groups -OCH3 is 1. The van der Waals surface area contributed by atoms with Crippen LogP contribution in [0, 0.1) is 5.92 Å². The minimum Gasteiger partial charge on any atom is -0.381 e.